The van der Waals surface area contributed by atoms with Crippen LogP contribution in [0.3, 0.4) is 0 Å². The van der Waals surface area contributed by atoms with Gasteiger partial charge in [-0.1, -0.05) is 43.2 Å². The Bertz CT molecular complexity index is 813. The van der Waals surface area contributed by atoms with Crippen molar-refractivity contribution in [2.75, 3.05) is 46.1 Å². The molecule has 3 N–H and O–H groups in total. The minimum atomic E-state index is -1.06. The lowest BCUT2D eigenvalue weighted by Crippen LogP contribution is -2.52. The number of rotatable bonds is 12. The summed E-state index contributed by atoms with van der Waals surface area (Å²) in [5, 5.41) is 3.13. The zero-order valence-corrected chi connectivity index (χ0v) is 21.8. The molecule has 1 aromatic carbocycles. The van der Waals surface area contributed by atoms with E-state index in [9.17, 15) is 9.59 Å². The standard InChI is InChI=1S/C29H45N3O4/c30-27(33)29(13-4-5-14-29)28(34)31-26(20-24-6-2-1-3-7-24)22-36-19-10-23-8-15-32(16-9-23)21-25-11-17-35-18-12-25/h1-3,6-7,23,25-26H,4-5,8-22H2,(H2,30,33)(H,31,34). The summed E-state index contributed by atoms with van der Waals surface area (Å²) in [5.41, 5.74) is 5.77. The molecule has 1 atom stereocenters. The van der Waals surface area contributed by atoms with E-state index < -0.39 is 11.3 Å². The number of primary amides is 1. The number of nitrogens with one attached hydrogen (secondary N) is 1. The number of amides is 2. The van der Waals surface area contributed by atoms with Crippen LogP contribution in [0.1, 0.15) is 63.4 Å². The van der Waals surface area contributed by atoms with Crippen molar-refractivity contribution >= 4 is 11.8 Å². The van der Waals surface area contributed by atoms with Gasteiger partial charge in [0.2, 0.25) is 11.8 Å². The summed E-state index contributed by atoms with van der Waals surface area (Å²) in [4.78, 5) is 28.0. The molecule has 0 radical (unpaired) electrons. The third kappa shape index (κ3) is 7.53. The topological polar surface area (TPSA) is 93.9 Å². The molecule has 1 unspecified atom stereocenters. The van der Waals surface area contributed by atoms with Crippen LogP contribution >= 0.6 is 0 Å². The van der Waals surface area contributed by atoms with Crippen molar-refractivity contribution in [2.24, 2.45) is 23.0 Å². The lowest BCUT2D eigenvalue weighted by Gasteiger charge is -2.35. The van der Waals surface area contributed by atoms with Gasteiger partial charge in [-0.05, 0) is 81.9 Å². The lowest BCUT2D eigenvalue weighted by atomic mass is 9.84. The van der Waals surface area contributed by atoms with E-state index in [1.807, 2.05) is 18.2 Å². The van der Waals surface area contributed by atoms with Gasteiger partial charge in [-0.25, -0.2) is 0 Å². The highest BCUT2D eigenvalue weighted by atomic mass is 16.5. The summed E-state index contributed by atoms with van der Waals surface area (Å²) in [6.07, 6.45) is 9.42. The van der Waals surface area contributed by atoms with Crippen LogP contribution in [0.4, 0.5) is 0 Å². The maximum atomic E-state index is 13.2. The molecule has 2 saturated heterocycles. The third-order valence-electron chi connectivity index (χ3n) is 8.58. The largest absolute Gasteiger partial charge is 0.381 e. The van der Waals surface area contributed by atoms with Crippen molar-refractivity contribution in [3.8, 4) is 0 Å². The summed E-state index contributed by atoms with van der Waals surface area (Å²) in [6, 6.07) is 9.94. The van der Waals surface area contributed by atoms with Gasteiger partial charge < -0.3 is 25.4 Å². The predicted molar refractivity (Wildman–Crippen MR) is 140 cm³/mol. The predicted octanol–water partition coefficient (Wildman–Crippen LogP) is 3.30. The van der Waals surface area contributed by atoms with E-state index in [-0.39, 0.29) is 11.9 Å². The summed E-state index contributed by atoms with van der Waals surface area (Å²) >= 11 is 0. The Morgan fingerprint density at radius 1 is 1.06 bits per heavy atom. The molecule has 3 aliphatic rings. The molecule has 7 heteroatoms. The van der Waals surface area contributed by atoms with Crippen LogP contribution in [0.2, 0.25) is 0 Å². The Labute approximate surface area is 216 Å². The van der Waals surface area contributed by atoms with E-state index in [0.717, 1.165) is 44.0 Å². The first-order chi connectivity index (χ1) is 17.5. The Morgan fingerprint density at radius 2 is 1.75 bits per heavy atom. The summed E-state index contributed by atoms with van der Waals surface area (Å²) < 4.78 is 11.6. The number of hydrogen-bond donors (Lipinski definition) is 2. The lowest BCUT2D eigenvalue weighted by molar-refractivity contribution is -0.142. The maximum Gasteiger partial charge on any atom is 0.235 e. The van der Waals surface area contributed by atoms with E-state index >= 15 is 0 Å². The molecule has 7 nitrogen and oxygen atoms in total. The minimum Gasteiger partial charge on any atom is -0.381 e. The fourth-order valence-corrected chi connectivity index (χ4v) is 6.17. The molecular weight excluding hydrogens is 454 g/mol. The van der Waals surface area contributed by atoms with Crippen molar-refractivity contribution in [1.82, 2.24) is 10.2 Å². The van der Waals surface area contributed by atoms with E-state index in [4.69, 9.17) is 15.2 Å². The molecule has 200 valence electrons. The molecular formula is C29H45N3O4. The molecule has 2 aliphatic heterocycles. The van der Waals surface area contributed by atoms with Crippen molar-refractivity contribution in [1.29, 1.82) is 0 Å². The number of ether oxygens (including phenoxy) is 2. The number of likely N-dealkylation sites (tertiary alicyclic amines) is 1. The van der Waals surface area contributed by atoms with Crippen LogP contribution in [0, 0.1) is 17.3 Å². The van der Waals surface area contributed by atoms with Crippen LogP contribution in [-0.4, -0.2) is 68.8 Å². The van der Waals surface area contributed by atoms with Gasteiger partial charge in [0.15, 0.2) is 0 Å². The van der Waals surface area contributed by atoms with E-state index in [1.54, 1.807) is 0 Å². The van der Waals surface area contributed by atoms with Crippen LogP contribution in [0.25, 0.3) is 0 Å². The number of hydrogen-bond acceptors (Lipinski definition) is 5. The van der Waals surface area contributed by atoms with Gasteiger partial charge in [-0.15, -0.1) is 0 Å². The zero-order chi connectivity index (χ0) is 25.2. The smallest absolute Gasteiger partial charge is 0.235 e. The highest BCUT2D eigenvalue weighted by Gasteiger charge is 2.47. The molecule has 0 aromatic heterocycles. The highest BCUT2D eigenvalue weighted by Crippen LogP contribution is 2.38. The Balaban J connectivity index is 1.21. The number of benzene rings is 1. The van der Waals surface area contributed by atoms with Crippen molar-refractivity contribution in [3.05, 3.63) is 35.9 Å². The highest BCUT2D eigenvalue weighted by molar-refractivity contribution is 6.04. The Kier molecular flexibility index (Phi) is 10.2. The molecule has 0 spiro atoms. The second-order valence-electron chi connectivity index (χ2n) is 11.2. The minimum absolute atomic E-state index is 0.182. The van der Waals surface area contributed by atoms with E-state index in [2.05, 4.69) is 22.3 Å². The second-order valence-corrected chi connectivity index (χ2v) is 11.2. The van der Waals surface area contributed by atoms with E-state index in [1.165, 1.54) is 45.3 Å². The SMILES string of the molecule is NC(=O)C1(C(=O)NC(COCCC2CCN(CC3CCOCC3)CC2)Cc2ccccc2)CCCC1. The quantitative estimate of drug-likeness (QED) is 0.340. The fourth-order valence-electron chi connectivity index (χ4n) is 6.17. The zero-order valence-electron chi connectivity index (χ0n) is 21.8. The van der Waals surface area contributed by atoms with Crippen molar-refractivity contribution in [3.63, 3.8) is 0 Å². The molecule has 1 aromatic rings. The first-order valence-electron chi connectivity index (χ1n) is 14.1. The van der Waals surface area contributed by atoms with Gasteiger partial charge in [0.25, 0.3) is 0 Å². The molecule has 4 rings (SSSR count). The molecule has 2 heterocycles. The van der Waals surface area contributed by atoms with Gasteiger partial charge in [0, 0.05) is 26.4 Å². The van der Waals surface area contributed by atoms with Gasteiger partial charge in [0.05, 0.1) is 12.6 Å². The molecule has 2 amide bonds. The summed E-state index contributed by atoms with van der Waals surface area (Å²) in [7, 11) is 0. The summed E-state index contributed by atoms with van der Waals surface area (Å²) in [6.45, 7) is 6.58. The van der Waals surface area contributed by atoms with E-state index in [0.29, 0.717) is 38.4 Å². The normalized spacial score (nSPS) is 22.3. The molecule has 36 heavy (non-hydrogen) atoms. The monoisotopic (exact) mass is 499 g/mol. The van der Waals surface area contributed by atoms with Crippen LogP contribution in [0.5, 0.6) is 0 Å². The second kappa shape index (κ2) is 13.5. The Morgan fingerprint density at radius 3 is 2.42 bits per heavy atom. The third-order valence-corrected chi connectivity index (χ3v) is 8.58. The van der Waals surface area contributed by atoms with Gasteiger partial charge in [-0.3, -0.25) is 9.59 Å². The first kappa shape index (κ1) is 27.1. The number of carbonyl (C=O) groups excluding carboxylic acids is 2. The Hall–Kier alpha value is -1.96. The number of piperidine rings is 1. The fraction of sp³-hybridized carbons (Fsp3) is 0.724. The molecule has 1 aliphatic carbocycles. The average Bonchev–Trinajstić information content (AvgIpc) is 3.41. The van der Waals surface area contributed by atoms with Gasteiger partial charge >= 0.3 is 0 Å². The van der Waals surface area contributed by atoms with Gasteiger partial charge in [0.1, 0.15) is 5.41 Å². The molecule has 1 saturated carbocycles. The maximum absolute atomic E-state index is 13.2. The number of nitrogens with two attached hydrogens (primary N) is 1. The average molecular weight is 500 g/mol. The van der Waals surface area contributed by atoms with Crippen LogP contribution in [-0.2, 0) is 25.5 Å². The van der Waals surface area contributed by atoms with Crippen molar-refractivity contribution in [2.45, 2.75) is 70.3 Å². The first-order valence-corrected chi connectivity index (χ1v) is 14.1. The summed E-state index contributed by atoms with van der Waals surface area (Å²) in [5.74, 6) is 0.775. The van der Waals surface area contributed by atoms with Crippen LogP contribution in [0.15, 0.2) is 30.3 Å². The van der Waals surface area contributed by atoms with Crippen LogP contribution < -0.4 is 11.1 Å². The van der Waals surface area contributed by atoms with Crippen molar-refractivity contribution < 1.29 is 19.1 Å². The van der Waals surface area contributed by atoms with Gasteiger partial charge in [-0.2, -0.15) is 0 Å². The number of carbonyl (C=O) groups is 2. The molecule has 3 fully saturated rings. The number of nitrogens with zero attached hydrogens (tertiary/aromatic N) is 1. The molecule has 0 bridgehead atoms.